The van der Waals surface area contributed by atoms with E-state index in [0.717, 1.165) is 0 Å². The Morgan fingerprint density at radius 1 is 1.35 bits per heavy atom. The van der Waals surface area contributed by atoms with Gasteiger partial charge in [0.05, 0.1) is 12.4 Å². The predicted molar refractivity (Wildman–Crippen MR) is 69.8 cm³/mol. The summed E-state index contributed by atoms with van der Waals surface area (Å²) in [5.41, 5.74) is -1.03. The van der Waals surface area contributed by atoms with Gasteiger partial charge in [0.25, 0.3) is 11.8 Å². The lowest BCUT2D eigenvalue weighted by atomic mass is 9.98. The van der Waals surface area contributed by atoms with E-state index in [1.165, 1.54) is 17.3 Å². The summed E-state index contributed by atoms with van der Waals surface area (Å²) >= 11 is 0. The lowest BCUT2D eigenvalue weighted by Gasteiger charge is -2.39. The SMILES string of the molecule is CNc1cnc(C(=O)N2CC(=O)NC(=O)C2(C)C)cn1. The van der Waals surface area contributed by atoms with E-state index >= 15 is 0 Å². The molecule has 0 radical (unpaired) electrons. The van der Waals surface area contributed by atoms with Gasteiger partial charge in [-0.1, -0.05) is 0 Å². The summed E-state index contributed by atoms with van der Waals surface area (Å²) in [6.07, 6.45) is 2.72. The maximum Gasteiger partial charge on any atom is 0.275 e. The van der Waals surface area contributed by atoms with Crippen molar-refractivity contribution in [1.29, 1.82) is 0 Å². The van der Waals surface area contributed by atoms with E-state index in [2.05, 4.69) is 20.6 Å². The Morgan fingerprint density at radius 3 is 2.60 bits per heavy atom. The van der Waals surface area contributed by atoms with Gasteiger partial charge in [-0.2, -0.15) is 0 Å². The molecule has 0 spiro atoms. The van der Waals surface area contributed by atoms with Crippen LogP contribution >= 0.6 is 0 Å². The van der Waals surface area contributed by atoms with Gasteiger partial charge in [0, 0.05) is 7.05 Å². The normalized spacial score (nSPS) is 17.6. The minimum absolute atomic E-state index is 0.0829. The van der Waals surface area contributed by atoms with E-state index in [4.69, 9.17) is 0 Å². The fraction of sp³-hybridized carbons (Fsp3) is 0.417. The molecular weight excluding hydrogens is 262 g/mol. The molecule has 0 aromatic carbocycles. The molecule has 0 unspecified atom stereocenters. The molecule has 8 heteroatoms. The molecule has 0 saturated carbocycles. The van der Waals surface area contributed by atoms with Gasteiger partial charge >= 0.3 is 0 Å². The Hall–Kier alpha value is -2.51. The number of nitrogens with zero attached hydrogens (tertiary/aromatic N) is 3. The molecule has 1 saturated heterocycles. The van der Waals surface area contributed by atoms with Gasteiger partial charge in [0.15, 0.2) is 0 Å². The van der Waals surface area contributed by atoms with Crippen LogP contribution in [-0.4, -0.2) is 51.7 Å². The number of aromatic nitrogens is 2. The molecule has 8 nitrogen and oxygen atoms in total. The highest BCUT2D eigenvalue weighted by Crippen LogP contribution is 2.20. The number of hydrogen-bond donors (Lipinski definition) is 2. The molecule has 2 heterocycles. The summed E-state index contributed by atoms with van der Waals surface area (Å²) < 4.78 is 0. The zero-order valence-corrected chi connectivity index (χ0v) is 11.4. The number of hydrogen-bond acceptors (Lipinski definition) is 6. The van der Waals surface area contributed by atoms with Gasteiger partial charge in [-0.3, -0.25) is 19.7 Å². The Morgan fingerprint density at radius 2 is 2.05 bits per heavy atom. The molecule has 1 aliphatic rings. The molecule has 2 rings (SSSR count). The van der Waals surface area contributed by atoms with Crippen LogP contribution in [0.2, 0.25) is 0 Å². The fourth-order valence-electron chi connectivity index (χ4n) is 1.81. The number of carbonyl (C=O) groups is 3. The Balaban J connectivity index is 2.30. The van der Waals surface area contributed by atoms with Crippen molar-refractivity contribution < 1.29 is 14.4 Å². The lowest BCUT2D eigenvalue weighted by Crippen LogP contribution is -2.65. The highest BCUT2D eigenvalue weighted by molar-refractivity contribution is 6.08. The molecule has 1 aromatic heterocycles. The van der Waals surface area contributed by atoms with E-state index in [1.54, 1.807) is 20.9 Å². The van der Waals surface area contributed by atoms with Gasteiger partial charge in [0.2, 0.25) is 5.91 Å². The van der Waals surface area contributed by atoms with Crippen LogP contribution in [-0.2, 0) is 9.59 Å². The summed E-state index contributed by atoms with van der Waals surface area (Å²) in [7, 11) is 1.68. The van der Waals surface area contributed by atoms with Crippen molar-refractivity contribution in [2.24, 2.45) is 0 Å². The third-order valence-corrected chi connectivity index (χ3v) is 3.16. The Labute approximate surface area is 115 Å². The van der Waals surface area contributed by atoms with Gasteiger partial charge in [0.1, 0.15) is 23.6 Å². The van der Waals surface area contributed by atoms with Crippen LogP contribution in [0.25, 0.3) is 0 Å². The van der Waals surface area contributed by atoms with Crippen LogP contribution in [0.4, 0.5) is 5.82 Å². The summed E-state index contributed by atoms with van der Waals surface area (Å²) in [4.78, 5) is 44.8. The fourth-order valence-corrected chi connectivity index (χ4v) is 1.81. The van der Waals surface area contributed by atoms with Crippen molar-refractivity contribution in [2.45, 2.75) is 19.4 Å². The Bertz CT molecular complexity index is 567. The third kappa shape index (κ3) is 2.31. The number of piperazine rings is 1. The van der Waals surface area contributed by atoms with E-state index in [9.17, 15) is 14.4 Å². The van der Waals surface area contributed by atoms with Gasteiger partial charge in [-0.15, -0.1) is 0 Å². The molecule has 0 atom stereocenters. The predicted octanol–water partition coefficient (Wildman–Crippen LogP) is -0.605. The minimum Gasteiger partial charge on any atom is -0.372 e. The zero-order chi connectivity index (χ0) is 14.9. The summed E-state index contributed by atoms with van der Waals surface area (Å²) in [5.74, 6) is -1.01. The summed E-state index contributed by atoms with van der Waals surface area (Å²) in [6, 6.07) is 0. The lowest BCUT2D eigenvalue weighted by molar-refractivity contribution is -0.143. The number of rotatable bonds is 2. The van der Waals surface area contributed by atoms with Crippen LogP contribution in [0.5, 0.6) is 0 Å². The number of carbonyl (C=O) groups excluding carboxylic acids is 3. The van der Waals surface area contributed by atoms with Gasteiger partial charge in [-0.05, 0) is 13.8 Å². The first-order valence-electron chi connectivity index (χ1n) is 6.02. The number of nitrogens with one attached hydrogen (secondary N) is 2. The first kappa shape index (κ1) is 13.9. The third-order valence-electron chi connectivity index (χ3n) is 3.16. The molecule has 2 N–H and O–H groups in total. The van der Waals surface area contributed by atoms with Crippen molar-refractivity contribution in [3.8, 4) is 0 Å². The first-order valence-corrected chi connectivity index (χ1v) is 6.02. The van der Waals surface area contributed by atoms with Crippen LogP contribution < -0.4 is 10.6 Å². The number of imide groups is 1. The smallest absolute Gasteiger partial charge is 0.275 e. The second-order valence-electron chi connectivity index (χ2n) is 4.86. The molecule has 3 amide bonds. The molecule has 1 aromatic rings. The first-order chi connectivity index (χ1) is 9.36. The molecule has 0 bridgehead atoms. The van der Waals surface area contributed by atoms with E-state index in [-0.39, 0.29) is 12.2 Å². The molecule has 20 heavy (non-hydrogen) atoms. The van der Waals surface area contributed by atoms with Gasteiger partial charge < -0.3 is 10.2 Å². The summed E-state index contributed by atoms with van der Waals surface area (Å²) in [6.45, 7) is 2.96. The van der Waals surface area contributed by atoms with E-state index in [0.29, 0.717) is 5.82 Å². The van der Waals surface area contributed by atoms with Crippen LogP contribution in [0.3, 0.4) is 0 Å². The zero-order valence-electron chi connectivity index (χ0n) is 11.4. The average Bonchev–Trinajstić information content (AvgIpc) is 2.42. The van der Waals surface area contributed by atoms with E-state index in [1.807, 2.05) is 0 Å². The second kappa shape index (κ2) is 4.87. The molecular formula is C12H15N5O3. The maximum absolute atomic E-state index is 12.4. The highest BCUT2D eigenvalue weighted by Gasteiger charge is 2.44. The van der Waals surface area contributed by atoms with Gasteiger partial charge in [-0.25, -0.2) is 9.97 Å². The monoisotopic (exact) mass is 277 g/mol. The van der Waals surface area contributed by atoms with Crippen molar-refractivity contribution in [1.82, 2.24) is 20.2 Å². The number of anilines is 1. The Kier molecular flexibility index (Phi) is 3.39. The molecule has 1 aliphatic heterocycles. The van der Waals surface area contributed by atoms with Crippen LogP contribution in [0.1, 0.15) is 24.3 Å². The quantitative estimate of drug-likeness (QED) is 0.699. The topological polar surface area (TPSA) is 104 Å². The largest absolute Gasteiger partial charge is 0.372 e. The maximum atomic E-state index is 12.4. The molecule has 0 aliphatic carbocycles. The molecule has 1 fully saturated rings. The minimum atomic E-state index is -1.12. The van der Waals surface area contributed by atoms with Crippen molar-refractivity contribution in [2.75, 3.05) is 18.9 Å². The number of amides is 3. The van der Waals surface area contributed by atoms with Crippen LogP contribution in [0, 0.1) is 0 Å². The standard InChI is InChI=1S/C12H15N5O3/c1-12(2)11(20)16-9(18)6-17(12)10(19)7-4-15-8(13-3)5-14-7/h4-5H,6H2,1-3H3,(H,13,15)(H,16,18,20). The highest BCUT2D eigenvalue weighted by atomic mass is 16.2. The second-order valence-corrected chi connectivity index (χ2v) is 4.86. The average molecular weight is 277 g/mol. The molecule has 106 valence electrons. The van der Waals surface area contributed by atoms with Crippen LogP contribution in [0.15, 0.2) is 12.4 Å². The van der Waals surface area contributed by atoms with Crippen molar-refractivity contribution >= 4 is 23.5 Å². The van der Waals surface area contributed by atoms with Crippen molar-refractivity contribution in [3.63, 3.8) is 0 Å². The van der Waals surface area contributed by atoms with Crippen molar-refractivity contribution in [3.05, 3.63) is 18.1 Å². The van der Waals surface area contributed by atoms with E-state index < -0.39 is 23.3 Å². The summed E-state index contributed by atoms with van der Waals surface area (Å²) in [5, 5.41) is 4.99.